The molecule has 2 fully saturated rings. The van der Waals surface area contributed by atoms with Crippen LogP contribution in [0.15, 0.2) is 18.2 Å². The highest BCUT2D eigenvalue weighted by molar-refractivity contribution is 5.99. The SMILES string of the molecule is CC(=O)O[C@H]1CC[C@H]2[C@H]3CC(=O)c4cc(O)ccc4[C@H]3CC[C@]12C. The molecule has 4 heteroatoms. The average molecular weight is 328 g/mol. The van der Waals surface area contributed by atoms with Gasteiger partial charge in [-0.1, -0.05) is 13.0 Å². The summed E-state index contributed by atoms with van der Waals surface area (Å²) >= 11 is 0. The number of rotatable bonds is 1. The van der Waals surface area contributed by atoms with Gasteiger partial charge < -0.3 is 9.84 Å². The number of hydrogen-bond acceptors (Lipinski definition) is 4. The van der Waals surface area contributed by atoms with Gasteiger partial charge in [-0.05, 0) is 61.1 Å². The van der Waals surface area contributed by atoms with Gasteiger partial charge in [-0.3, -0.25) is 9.59 Å². The highest BCUT2D eigenvalue weighted by atomic mass is 16.5. The van der Waals surface area contributed by atoms with Crippen LogP contribution in [0.1, 0.15) is 67.8 Å². The first-order valence-electron chi connectivity index (χ1n) is 8.93. The molecule has 3 aliphatic carbocycles. The molecule has 0 bridgehead atoms. The van der Waals surface area contributed by atoms with Crippen LogP contribution in [0, 0.1) is 17.3 Å². The molecule has 0 aliphatic heterocycles. The molecular formula is C20H24O4. The van der Waals surface area contributed by atoms with Gasteiger partial charge in [-0.25, -0.2) is 0 Å². The van der Waals surface area contributed by atoms with E-state index in [1.807, 2.05) is 6.07 Å². The van der Waals surface area contributed by atoms with Gasteiger partial charge in [0.2, 0.25) is 0 Å². The van der Waals surface area contributed by atoms with Crippen molar-refractivity contribution in [2.45, 2.75) is 58.0 Å². The van der Waals surface area contributed by atoms with Crippen molar-refractivity contribution < 1.29 is 19.4 Å². The largest absolute Gasteiger partial charge is 0.508 e. The Bertz CT molecular complexity index is 710. The molecule has 3 aliphatic rings. The van der Waals surface area contributed by atoms with E-state index in [0.717, 1.165) is 31.2 Å². The summed E-state index contributed by atoms with van der Waals surface area (Å²) in [6, 6.07) is 5.25. The van der Waals surface area contributed by atoms with Crippen molar-refractivity contribution in [3.63, 3.8) is 0 Å². The van der Waals surface area contributed by atoms with Crippen molar-refractivity contribution in [3.8, 4) is 5.75 Å². The van der Waals surface area contributed by atoms with Gasteiger partial charge in [-0.15, -0.1) is 0 Å². The number of esters is 1. The van der Waals surface area contributed by atoms with Crippen molar-refractivity contribution in [2.24, 2.45) is 17.3 Å². The first-order chi connectivity index (χ1) is 11.4. The van der Waals surface area contributed by atoms with E-state index in [9.17, 15) is 14.7 Å². The van der Waals surface area contributed by atoms with Crippen LogP contribution in [0.25, 0.3) is 0 Å². The Balaban J connectivity index is 1.68. The molecule has 1 aromatic rings. The minimum atomic E-state index is -0.204. The maximum absolute atomic E-state index is 12.6. The summed E-state index contributed by atoms with van der Waals surface area (Å²) in [7, 11) is 0. The lowest BCUT2D eigenvalue weighted by molar-refractivity contribution is -0.154. The van der Waals surface area contributed by atoms with Crippen molar-refractivity contribution in [1.82, 2.24) is 0 Å². The Hall–Kier alpha value is -1.84. The predicted molar refractivity (Wildman–Crippen MR) is 88.9 cm³/mol. The van der Waals surface area contributed by atoms with Crippen LogP contribution in [0.5, 0.6) is 5.75 Å². The number of hydrogen-bond donors (Lipinski definition) is 1. The topological polar surface area (TPSA) is 63.6 Å². The number of benzene rings is 1. The molecule has 0 unspecified atom stereocenters. The van der Waals surface area contributed by atoms with Gasteiger partial charge in [0.15, 0.2) is 5.78 Å². The van der Waals surface area contributed by atoms with E-state index < -0.39 is 0 Å². The molecule has 4 nitrogen and oxygen atoms in total. The third-order valence-electron chi connectivity index (χ3n) is 6.82. The Morgan fingerprint density at radius 3 is 2.83 bits per heavy atom. The highest BCUT2D eigenvalue weighted by Gasteiger charge is 2.56. The maximum Gasteiger partial charge on any atom is 0.302 e. The van der Waals surface area contributed by atoms with Gasteiger partial charge in [-0.2, -0.15) is 0 Å². The van der Waals surface area contributed by atoms with E-state index in [1.165, 1.54) is 6.92 Å². The summed E-state index contributed by atoms with van der Waals surface area (Å²) in [5.41, 5.74) is 1.79. The quantitative estimate of drug-likeness (QED) is 0.796. The number of fused-ring (bicyclic) bond motifs is 5. The Morgan fingerprint density at radius 1 is 1.29 bits per heavy atom. The number of carbonyl (C=O) groups excluding carboxylic acids is 2. The molecule has 0 amide bonds. The number of phenols is 1. The third-order valence-corrected chi connectivity index (χ3v) is 6.82. The zero-order valence-corrected chi connectivity index (χ0v) is 14.2. The van der Waals surface area contributed by atoms with Gasteiger partial charge in [0.05, 0.1) is 0 Å². The zero-order valence-electron chi connectivity index (χ0n) is 14.2. The minimum Gasteiger partial charge on any atom is -0.508 e. The van der Waals surface area contributed by atoms with Gasteiger partial charge in [0.1, 0.15) is 11.9 Å². The first-order valence-corrected chi connectivity index (χ1v) is 8.93. The maximum atomic E-state index is 12.6. The lowest BCUT2D eigenvalue weighted by Crippen LogP contribution is -2.45. The molecular weight excluding hydrogens is 304 g/mol. The highest BCUT2D eigenvalue weighted by Crippen LogP contribution is 2.61. The van der Waals surface area contributed by atoms with Crippen molar-refractivity contribution in [2.75, 3.05) is 0 Å². The van der Waals surface area contributed by atoms with Crippen LogP contribution in [0.2, 0.25) is 0 Å². The average Bonchev–Trinajstić information content (AvgIpc) is 2.84. The van der Waals surface area contributed by atoms with Crippen molar-refractivity contribution in [1.29, 1.82) is 0 Å². The predicted octanol–water partition coefficient (Wildman–Crippen LogP) is 3.82. The van der Waals surface area contributed by atoms with Gasteiger partial charge >= 0.3 is 5.97 Å². The van der Waals surface area contributed by atoms with Gasteiger partial charge in [0.25, 0.3) is 0 Å². The summed E-state index contributed by atoms with van der Waals surface area (Å²) < 4.78 is 5.62. The van der Waals surface area contributed by atoms with E-state index in [1.54, 1.807) is 12.1 Å². The number of Topliss-reactive ketones (excluding diaryl/α,β-unsaturated/α-hetero) is 1. The number of ketones is 1. The Kier molecular flexibility index (Phi) is 3.48. The smallest absolute Gasteiger partial charge is 0.302 e. The molecule has 24 heavy (non-hydrogen) atoms. The molecule has 0 aromatic heterocycles. The van der Waals surface area contributed by atoms with E-state index in [0.29, 0.717) is 29.7 Å². The number of carbonyl (C=O) groups is 2. The molecule has 1 aromatic carbocycles. The minimum absolute atomic E-state index is 0.0124. The molecule has 0 heterocycles. The molecule has 0 radical (unpaired) electrons. The van der Waals surface area contributed by atoms with Crippen LogP contribution >= 0.6 is 0 Å². The lowest BCUT2D eigenvalue weighted by atomic mass is 9.55. The fraction of sp³-hybridized carbons (Fsp3) is 0.600. The monoisotopic (exact) mass is 328 g/mol. The Morgan fingerprint density at radius 2 is 2.08 bits per heavy atom. The molecule has 128 valence electrons. The molecule has 1 N–H and O–H groups in total. The summed E-state index contributed by atoms with van der Waals surface area (Å²) in [5, 5.41) is 9.71. The van der Waals surface area contributed by atoms with Crippen molar-refractivity contribution >= 4 is 11.8 Å². The van der Waals surface area contributed by atoms with E-state index in [-0.39, 0.29) is 29.0 Å². The summed E-state index contributed by atoms with van der Waals surface area (Å²) in [6.07, 6.45) is 4.49. The first kappa shape index (κ1) is 15.7. The number of ether oxygens (including phenoxy) is 1. The Labute approximate surface area is 142 Å². The molecule has 5 atom stereocenters. The number of aromatic hydroxyl groups is 1. The fourth-order valence-corrected chi connectivity index (χ4v) is 5.74. The number of phenolic OH excluding ortho intramolecular Hbond substituents is 1. The molecule has 4 rings (SSSR count). The van der Waals surface area contributed by atoms with Gasteiger partial charge in [0, 0.05) is 24.3 Å². The van der Waals surface area contributed by atoms with Crippen LogP contribution in [-0.4, -0.2) is 23.0 Å². The van der Waals surface area contributed by atoms with Crippen LogP contribution in [-0.2, 0) is 9.53 Å². The van der Waals surface area contributed by atoms with E-state index in [4.69, 9.17) is 4.74 Å². The second kappa shape index (κ2) is 5.33. The zero-order chi connectivity index (χ0) is 17.1. The standard InChI is InChI=1S/C20H24O4/c1-11(21)24-19-6-5-17-15-10-18(23)16-9-12(22)3-4-13(16)14(15)7-8-20(17,19)2/h3-4,9,14-15,17,19,22H,5-8,10H2,1-2H3/t14-,15+,17+,19+,20+/m1/s1. The van der Waals surface area contributed by atoms with Crippen LogP contribution in [0.3, 0.4) is 0 Å². The fourth-order valence-electron chi connectivity index (χ4n) is 5.74. The normalized spacial score (nSPS) is 37.3. The summed E-state index contributed by atoms with van der Waals surface area (Å²) in [4.78, 5) is 24.1. The van der Waals surface area contributed by atoms with Crippen LogP contribution < -0.4 is 0 Å². The lowest BCUT2D eigenvalue weighted by Gasteiger charge is -2.49. The second-order valence-electron chi connectivity index (χ2n) is 8.00. The summed E-state index contributed by atoms with van der Waals surface area (Å²) in [6.45, 7) is 3.72. The second-order valence-corrected chi connectivity index (χ2v) is 8.00. The van der Waals surface area contributed by atoms with Crippen LogP contribution in [0.4, 0.5) is 0 Å². The van der Waals surface area contributed by atoms with Crippen molar-refractivity contribution in [3.05, 3.63) is 29.3 Å². The molecule has 2 saturated carbocycles. The molecule has 0 saturated heterocycles. The van der Waals surface area contributed by atoms with E-state index >= 15 is 0 Å². The van der Waals surface area contributed by atoms with E-state index in [2.05, 4.69) is 6.92 Å². The summed E-state index contributed by atoms with van der Waals surface area (Å²) in [5.74, 6) is 1.23. The third kappa shape index (κ3) is 2.19. The molecule has 0 spiro atoms.